The zero-order valence-electron chi connectivity index (χ0n) is 5.24. The maximum atomic E-state index is 10.7. The van der Waals surface area contributed by atoms with Crippen LogP contribution in [0.1, 0.15) is 13.3 Å². The summed E-state index contributed by atoms with van der Waals surface area (Å²) in [4.78, 5) is 10.7. The van der Waals surface area contributed by atoms with Crippen LogP contribution in [0.5, 0.6) is 0 Å². The Kier molecular flexibility index (Phi) is 1.42. The van der Waals surface area contributed by atoms with E-state index in [2.05, 4.69) is 0 Å². The lowest BCUT2D eigenvalue weighted by Gasteiger charge is -2.10. The topological polar surface area (TPSA) is 66.6 Å². The van der Waals surface area contributed by atoms with Crippen molar-refractivity contribution in [1.82, 2.24) is 5.06 Å². The second kappa shape index (κ2) is 1.97. The molecule has 1 saturated heterocycles. The van der Waals surface area contributed by atoms with E-state index in [-0.39, 0.29) is 11.9 Å². The Hall–Kier alpha value is -0.610. The van der Waals surface area contributed by atoms with E-state index in [1.165, 1.54) is 0 Å². The molecule has 4 heteroatoms. The van der Waals surface area contributed by atoms with Gasteiger partial charge in [-0.15, -0.1) is 0 Å². The number of hydrogen-bond acceptors (Lipinski definition) is 3. The molecule has 0 saturated carbocycles. The molecule has 1 aliphatic rings. The molecule has 9 heavy (non-hydrogen) atoms. The van der Waals surface area contributed by atoms with Gasteiger partial charge in [-0.05, 0) is 13.3 Å². The molecule has 2 atom stereocenters. The Morgan fingerprint density at radius 3 is 2.56 bits per heavy atom. The Morgan fingerprint density at radius 1 is 1.89 bits per heavy atom. The average Bonchev–Trinajstić information content (AvgIpc) is 1.98. The van der Waals surface area contributed by atoms with Crippen LogP contribution in [0.25, 0.3) is 0 Å². The van der Waals surface area contributed by atoms with Crippen molar-refractivity contribution in [3.63, 3.8) is 0 Å². The quantitative estimate of drug-likeness (QED) is 0.427. The first-order valence-electron chi connectivity index (χ1n) is 2.90. The highest BCUT2D eigenvalue weighted by Gasteiger charge is 2.33. The van der Waals surface area contributed by atoms with Crippen LogP contribution < -0.4 is 5.73 Å². The van der Waals surface area contributed by atoms with Crippen molar-refractivity contribution in [1.29, 1.82) is 0 Å². The number of hydroxylamine groups is 2. The molecular weight excluding hydrogens is 120 g/mol. The van der Waals surface area contributed by atoms with Gasteiger partial charge in [0.1, 0.15) is 0 Å². The van der Waals surface area contributed by atoms with Gasteiger partial charge in [0.25, 0.3) is 5.91 Å². The highest BCUT2D eigenvalue weighted by Crippen LogP contribution is 2.13. The first-order valence-corrected chi connectivity index (χ1v) is 2.90. The summed E-state index contributed by atoms with van der Waals surface area (Å²) in [5, 5.41) is 9.54. The predicted molar refractivity (Wildman–Crippen MR) is 30.7 cm³/mol. The minimum Gasteiger partial charge on any atom is -0.320 e. The van der Waals surface area contributed by atoms with E-state index in [4.69, 9.17) is 10.9 Å². The summed E-state index contributed by atoms with van der Waals surface area (Å²) in [5.41, 5.74) is 5.31. The molecule has 0 aromatic carbocycles. The normalized spacial score (nSPS) is 35.9. The maximum absolute atomic E-state index is 10.7. The summed E-state index contributed by atoms with van der Waals surface area (Å²) in [6.45, 7) is 1.75. The first kappa shape index (κ1) is 6.51. The Balaban J connectivity index is 2.65. The number of amides is 1. The van der Waals surface area contributed by atoms with Gasteiger partial charge in [-0.25, -0.2) is 5.06 Å². The first-order chi connectivity index (χ1) is 4.13. The fourth-order valence-electron chi connectivity index (χ4n) is 0.955. The standard InChI is InChI=1S/C5H10N2O2/c1-3-2-4(6)5(8)7(3)9/h3-4,9H,2,6H2,1H3. The summed E-state index contributed by atoms with van der Waals surface area (Å²) < 4.78 is 0. The van der Waals surface area contributed by atoms with Crippen molar-refractivity contribution < 1.29 is 10.0 Å². The van der Waals surface area contributed by atoms with Gasteiger partial charge in [-0.2, -0.15) is 0 Å². The zero-order valence-corrected chi connectivity index (χ0v) is 5.24. The molecule has 2 unspecified atom stereocenters. The van der Waals surface area contributed by atoms with Crippen molar-refractivity contribution in [3.8, 4) is 0 Å². The summed E-state index contributed by atoms with van der Waals surface area (Å²) in [5.74, 6) is -0.373. The van der Waals surface area contributed by atoms with Crippen LogP contribution in [0, 0.1) is 0 Å². The lowest BCUT2D eigenvalue weighted by molar-refractivity contribution is -0.164. The van der Waals surface area contributed by atoms with Crippen molar-refractivity contribution in [3.05, 3.63) is 0 Å². The third kappa shape index (κ3) is 0.906. The number of hydrogen-bond donors (Lipinski definition) is 2. The van der Waals surface area contributed by atoms with E-state index in [0.29, 0.717) is 11.5 Å². The molecule has 4 nitrogen and oxygen atoms in total. The monoisotopic (exact) mass is 130 g/mol. The fraction of sp³-hybridized carbons (Fsp3) is 0.800. The van der Waals surface area contributed by atoms with Gasteiger partial charge < -0.3 is 5.73 Å². The van der Waals surface area contributed by atoms with Crippen LogP contribution in [0.2, 0.25) is 0 Å². The molecule has 3 N–H and O–H groups in total. The molecule has 52 valence electrons. The average molecular weight is 130 g/mol. The fourth-order valence-corrected chi connectivity index (χ4v) is 0.955. The molecule has 1 heterocycles. The number of nitrogens with two attached hydrogens (primary N) is 1. The molecule has 0 aromatic heterocycles. The van der Waals surface area contributed by atoms with Crippen LogP contribution in [0.4, 0.5) is 0 Å². The number of carbonyl (C=O) groups excluding carboxylic acids is 1. The predicted octanol–water partition coefficient (Wildman–Crippen LogP) is -0.676. The van der Waals surface area contributed by atoms with Gasteiger partial charge in [0, 0.05) is 0 Å². The van der Waals surface area contributed by atoms with Crippen LogP contribution in [-0.2, 0) is 4.79 Å². The third-order valence-corrected chi connectivity index (χ3v) is 1.56. The van der Waals surface area contributed by atoms with Gasteiger partial charge in [0.05, 0.1) is 12.1 Å². The van der Waals surface area contributed by atoms with Gasteiger partial charge >= 0.3 is 0 Å². The number of rotatable bonds is 0. The highest BCUT2D eigenvalue weighted by molar-refractivity contribution is 5.82. The van der Waals surface area contributed by atoms with Crippen LogP contribution in [0.15, 0.2) is 0 Å². The summed E-state index contributed by atoms with van der Waals surface area (Å²) >= 11 is 0. The van der Waals surface area contributed by atoms with E-state index in [0.717, 1.165) is 0 Å². The van der Waals surface area contributed by atoms with E-state index in [9.17, 15) is 4.79 Å². The zero-order chi connectivity index (χ0) is 7.02. The molecule has 0 aromatic rings. The molecule has 0 radical (unpaired) electrons. The number of nitrogens with zero attached hydrogens (tertiary/aromatic N) is 1. The summed E-state index contributed by atoms with van der Waals surface area (Å²) in [6.07, 6.45) is 0.551. The van der Waals surface area contributed by atoms with E-state index in [1.54, 1.807) is 6.92 Å². The smallest absolute Gasteiger partial charge is 0.263 e. The molecule has 0 bridgehead atoms. The van der Waals surface area contributed by atoms with Gasteiger partial charge in [0.2, 0.25) is 0 Å². The second-order valence-electron chi connectivity index (χ2n) is 2.37. The molecule has 1 fully saturated rings. The Bertz CT molecular complexity index is 137. The minimum atomic E-state index is -0.495. The van der Waals surface area contributed by atoms with E-state index >= 15 is 0 Å². The lowest BCUT2D eigenvalue weighted by Crippen LogP contribution is -2.33. The van der Waals surface area contributed by atoms with Gasteiger partial charge in [-0.3, -0.25) is 10.0 Å². The molecule has 0 aliphatic carbocycles. The van der Waals surface area contributed by atoms with Gasteiger partial charge in [-0.1, -0.05) is 0 Å². The van der Waals surface area contributed by atoms with Gasteiger partial charge in [0.15, 0.2) is 0 Å². The van der Waals surface area contributed by atoms with Crippen molar-refractivity contribution >= 4 is 5.91 Å². The molecule has 1 amide bonds. The van der Waals surface area contributed by atoms with Crippen LogP contribution in [0.3, 0.4) is 0 Å². The van der Waals surface area contributed by atoms with Crippen molar-refractivity contribution in [2.75, 3.05) is 0 Å². The van der Waals surface area contributed by atoms with E-state index < -0.39 is 6.04 Å². The second-order valence-corrected chi connectivity index (χ2v) is 2.37. The van der Waals surface area contributed by atoms with Crippen molar-refractivity contribution in [2.45, 2.75) is 25.4 Å². The van der Waals surface area contributed by atoms with Crippen LogP contribution >= 0.6 is 0 Å². The third-order valence-electron chi connectivity index (χ3n) is 1.56. The molecule has 1 aliphatic heterocycles. The Labute approximate surface area is 53.2 Å². The lowest BCUT2D eigenvalue weighted by atomic mass is 10.2. The highest BCUT2D eigenvalue weighted by atomic mass is 16.5. The summed E-state index contributed by atoms with van der Waals surface area (Å²) in [7, 11) is 0. The molecule has 0 spiro atoms. The van der Waals surface area contributed by atoms with Crippen LogP contribution in [-0.4, -0.2) is 28.3 Å². The van der Waals surface area contributed by atoms with Crippen molar-refractivity contribution in [2.24, 2.45) is 5.73 Å². The Morgan fingerprint density at radius 2 is 2.44 bits per heavy atom. The SMILES string of the molecule is CC1CC(N)C(=O)N1O. The minimum absolute atomic E-state index is 0.118. The summed E-state index contributed by atoms with van der Waals surface area (Å²) in [6, 6.07) is -0.613. The molecule has 1 rings (SSSR count). The largest absolute Gasteiger partial charge is 0.320 e. The molecular formula is C5H10N2O2. The number of carbonyl (C=O) groups is 1. The van der Waals surface area contributed by atoms with E-state index in [1.807, 2.05) is 0 Å². The maximum Gasteiger partial charge on any atom is 0.263 e.